The van der Waals surface area contributed by atoms with Crippen molar-refractivity contribution in [1.82, 2.24) is 4.57 Å². The first-order valence-corrected chi connectivity index (χ1v) is 9.92. The number of fused-ring (bicyclic) bond motifs is 1. The van der Waals surface area contributed by atoms with Crippen molar-refractivity contribution in [2.75, 3.05) is 5.32 Å². The first-order valence-electron chi connectivity index (χ1n) is 7.97. The molecule has 0 spiro atoms. The summed E-state index contributed by atoms with van der Waals surface area (Å²) in [6.07, 6.45) is 0. The largest absolute Gasteiger partial charge is 0.493 e. The van der Waals surface area contributed by atoms with Crippen molar-refractivity contribution in [3.05, 3.63) is 48.5 Å². The molecule has 8 nitrogen and oxygen atoms in total. The third-order valence-corrected chi connectivity index (χ3v) is 5.02. The van der Waals surface area contributed by atoms with Crippen LogP contribution in [0, 0.1) is 0 Å². The van der Waals surface area contributed by atoms with E-state index < -0.39 is 10.0 Å². The molecule has 1 aromatic heterocycles. The summed E-state index contributed by atoms with van der Waals surface area (Å²) in [7, 11) is -3.75. The highest BCUT2D eigenvalue weighted by Crippen LogP contribution is 2.38. The Bertz CT molecular complexity index is 1140. The summed E-state index contributed by atoms with van der Waals surface area (Å²) in [5.74, 6) is 0.0164. The Hall–Kier alpha value is -2.82. The first kappa shape index (κ1) is 19.0. The maximum Gasteiger partial charge on any atom is 0.238 e. The normalized spacial score (nSPS) is 11.9. The lowest BCUT2D eigenvalue weighted by Crippen LogP contribution is -2.12. The van der Waals surface area contributed by atoms with E-state index in [0.29, 0.717) is 17.9 Å². The van der Waals surface area contributed by atoms with Crippen molar-refractivity contribution in [3.8, 4) is 5.88 Å². The fourth-order valence-electron chi connectivity index (χ4n) is 2.66. The molecule has 0 atom stereocenters. The number of hydrogen-bond donors (Lipinski definition) is 3. The lowest BCUT2D eigenvalue weighted by Gasteiger charge is -2.04. The number of benzene rings is 2. The number of aryl methyl sites for hydroxylation is 1. The second kappa shape index (κ2) is 7.43. The summed E-state index contributed by atoms with van der Waals surface area (Å²) >= 11 is 5.14. The number of sulfonamides is 1. The molecule has 0 radical (unpaired) electrons. The highest BCUT2D eigenvalue weighted by atomic mass is 32.2. The van der Waals surface area contributed by atoms with Gasteiger partial charge in [0, 0.05) is 17.6 Å². The van der Waals surface area contributed by atoms with Crippen molar-refractivity contribution in [3.63, 3.8) is 0 Å². The van der Waals surface area contributed by atoms with Crippen LogP contribution in [-0.2, 0) is 16.6 Å². The van der Waals surface area contributed by atoms with Crippen LogP contribution in [0.2, 0.25) is 0 Å². The van der Waals surface area contributed by atoms with Gasteiger partial charge in [-0.05, 0) is 49.5 Å². The number of hydrogen-bond acceptors (Lipinski definition) is 5. The van der Waals surface area contributed by atoms with Crippen molar-refractivity contribution >= 4 is 49.6 Å². The predicted octanol–water partition coefficient (Wildman–Crippen LogP) is 3.49. The van der Waals surface area contributed by atoms with Crippen LogP contribution in [0.4, 0.5) is 11.4 Å². The summed E-state index contributed by atoms with van der Waals surface area (Å²) < 4.78 is 24.3. The standard InChI is InChI=1S/C17H17N5O3S2/c1-2-22-14-6-4-3-5-13(14)15(16(22)23)20-21-17(26)19-11-7-9-12(10-8-11)27(18,24)25/h3-10,23H,2H2,1H3,(H,19,26)(H2,18,24,25). The summed E-state index contributed by atoms with van der Waals surface area (Å²) in [6.45, 7) is 2.51. The fraction of sp³-hybridized carbons (Fsp3) is 0.118. The number of nitrogens with one attached hydrogen (secondary N) is 1. The molecule has 0 aliphatic rings. The van der Waals surface area contributed by atoms with Gasteiger partial charge in [-0.3, -0.25) is 0 Å². The molecule has 0 amide bonds. The Morgan fingerprint density at radius 2 is 1.89 bits per heavy atom. The van der Waals surface area contributed by atoms with Gasteiger partial charge in [-0.2, -0.15) is 0 Å². The molecule has 3 aromatic rings. The van der Waals surface area contributed by atoms with Crippen molar-refractivity contribution in [1.29, 1.82) is 0 Å². The topological polar surface area (TPSA) is 122 Å². The molecule has 0 saturated heterocycles. The summed E-state index contributed by atoms with van der Waals surface area (Å²) in [5.41, 5.74) is 1.72. The van der Waals surface area contributed by atoms with Crippen LogP contribution in [0.1, 0.15) is 6.92 Å². The average Bonchev–Trinajstić information content (AvgIpc) is 2.90. The quantitative estimate of drug-likeness (QED) is 0.455. The van der Waals surface area contributed by atoms with Gasteiger partial charge in [0.2, 0.25) is 21.0 Å². The molecular formula is C17H17N5O3S2. The highest BCUT2D eigenvalue weighted by Gasteiger charge is 2.15. The van der Waals surface area contributed by atoms with Crippen LogP contribution in [0.3, 0.4) is 0 Å². The van der Waals surface area contributed by atoms with E-state index >= 15 is 0 Å². The molecule has 140 valence electrons. The molecule has 0 fully saturated rings. The lowest BCUT2D eigenvalue weighted by molar-refractivity contribution is 0.427. The Morgan fingerprint density at radius 3 is 2.52 bits per heavy atom. The van der Waals surface area contributed by atoms with Crippen LogP contribution in [0.5, 0.6) is 5.88 Å². The lowest BCUT2D eigenvalue weighted by atomic mass is 10.2. The van der Waals surface area contributed by atoms with Crippen LogP contribution < -0.4 is 10.5 Å². The van der Waals surface area contributed by atoms with E-state index in [-0.39, 0.29) is 15.9 Å². The molecule has 0 unspecified atom stereocenters. The molecule has 10 heteroatoms. The zero-order valence-corrected chi connectivity index (χ0v) is 16.0. The molecule has 1 heterocycles. The smallest absolute Gasteiger partial charge is 0.238 e. The zero-order valence-electron chi connectivity index (χ0n) is 14.3. The number of nitrogens with two attached hydrogens (primary N) is 1. The van der Waals surface area contributed by atoms with Crippen LogP contribution in [0.25, 0.3) is 10.9 Å². The number of thiocarbonyl (C=S) groups is 1. The average molecular weight is 403 g/mol. The minimum absolute atomic E-state index is 0.00195. The van der Waals surface area contributed by atoms with Gasteiger partial charge in [0.25, 0.3) is 0 Å². The van der Waals surface area contributed by atoms with Gasteiger partial charge in [-0.15, -0.1) is 10.2 Å². The third-order valence-electron chi connectivity index (χ3n) is 3.91. The number of primary sulfonamides is 1. The zero-order chi connectivity index (χ0) is 19.6. The highest BCUT2D eigenvalue weighted by molar-refractivity contribution is 7.89. The maximum atomic E-state index is 11.3. The van der Waals surface area contributed by atoms with Crippen LogP contribution >= 0.6 is 12.2 Å². The van der Waals surface area contributed by atoms with Crippen molar-refractivity contribution < 1.29 is 13.5 Å². The second-order valence-corrected chi connectivity index (χ2v) is 7.58. The number of rotatable bonds is 4. The third kappa shape index (κ3) is 3.97. The second-order valence-electron chi connectivity index (χ2n) is 5.63. The summed E-state index contributed by atoms with van der Waals surface area (Å²) in [5, 5.41) is 27.1. The predicted molar refractivity (Wildman–Crippen MR) is 108 cm³/mol. The van der Waals surface area contributed by atoms with Gasteiger partial charge >= 0.3 is 0 Å². The molecule has 0 saturated carbocycles. The van der Waals surface area contributed by atoms with Gasteiger partial charge in [0.05, 0.1) is 10.4 Å². The number of nitrogens with zero attached hydrogens (tertiary/aromatic N) is 3. The Morgan fingerprint density at radius 1 is 1.22 bits per heavy atom. The van der Waals surface area contributed by atoms with Gasteiger partial charge in [-0.1, -0.05) is 18.2 Å². The van der Waals surface area contributed by atoms with E-state index in [2.05, 4.69) is 15.5 Å². The first-order chi connectivity index (χ1) is 12.8. The van der Waals surface area contributed by atoms with E-state index in [4.69, 9.17) is 17.4 Å². The van der Waals surface area contributed by atoms with E-state index in [0.717, 1.165) is 10.9 Å². The molecule has 0 aliphatic carbocycles. The van der Waals surface area contributed by atoms with Gasteiger partial charge < -0.3 is 15.0 Å². The van der Waals surface area contributed by atoms with Crippen molar-refractivity contribution in [2.45, 2.75) is 18.4 Å². The van der Waals surface area contributed by atoms with E-state index in [1.54, 1.807) is 4.57 Å². The van der Waals surface area contributed by atoms with Gasteiger partial charge in [0.15, 0.2) is 5.69 Å². The number of azo groups is 1. The number of aromatic hydroxyl groups is 1. The van der Waals surface area contributed by atoms with Gasteiger partial charge in [0.1, 0.15) is 0 Å². The molecule has 0 bridgehead atoms. The minimum Gasteiger partial charge on any atom is -0.493 e. The summed E-state index contributed by atoms with van der Waals surface area (Å²) in [4.78, 5) is -0.00195. The van der Waals surface area contributed by atoms with Crippen LogP contribution in [0.15, 0.2) is 63.7 Å². The minimum atomic E-state index is -3.75. The molecule has 3 rings (SSSR count). The Balaban J connectivity index is 1.82. The molecule has 2 aromatic carbocycles. The maximum absolute atomic E-state index is 11.3. The van der Waals surface area contributed by atoms with Crippen molar-refractivity contribution in [2.24, 2.45) is 15.4 Å². The SMILES string of the molecule is CCn1c(O)c(N=NC(=S)Nc2ccc(S(N)(=O)=O)cc2)c2ccccc21. The number of anilines is 1. The molecule has 4 N–H and O–H groups in total. The van der Waals surface area contributed by atoms with Gasteiger partial charge in [-0.25, -0.2) is 13.6 Å². The Labute approximate surface area is 161 Å². The number of aromatic nitrogens is 1. The summed E-state index contributed by atoms with van der Waals surface area (Å²) in [6, 6.07) is 13.2. The number of para-hydroxylation sites is 1. The van der Waals surface area contributed by atoms with E-state index in [9.17, 15) is 13.5 Å². The monoisotopic (exact) mass is 403 g/mol. The van der Waals surface area contributed by atoms with E-state index in [1.165, 1.54) is 24.3 Å². The molecular weight excluding hydrogens is 386 g/mol. The molecule has 27 heavy (non-hydrogen) atoms. The fourth-order valence-corrected chi connectivity index (χ4v) is 3.34. The Kier molecular flexibility index (Phi) is 5.22. The molecule has 0 aliphatic heterocycles. The van der Waals surface area contributed by atoms with E-state index in [1.807, 2.05) is 31.2 Å². The van der Waals surface area contributed by atoms with Crippen LogP contribution in [-0.4, -0.2) is 23.2 Å².